The van der Waals surface area contributed by atoms with E-state index in [0.717, 1.165) is 22.9 Å². The lowest BCUT2D eigenvalue weighted by Crippen LogP contribution is -2.28. The van der Waals surface area contributed by atoms with E-state index in [-0.39, 0.29) is 10.9 Å². The Hall–Kier alpha value is -3.28. The van der Waals surface area contributed by atoms with Crippen LogP contribution in [-0.4, -0.2) is 37.3 Å². The lowest BCUT2D eigenvalue weighted by molar-refractivity contribution is -0.146. The van der Waals surface area contributed by atoms with Crippen LogP contribution in [0.4, 0.5) is 13.2 Å². The van der Waals surface area contributed by atoms with Gasteiger partial charge in [0.25, 0.3) is 11.7 Å². The molecule has 1 atom stereocenters. The van der Waals surface area contributed by atoms with Crippen molar-refractivity contribution < 1.29 is 22.4 Å². The van der Waals surface area contributed by atoms with Crippen molar-refractivity contribution in [1.82, 2.24) is 19.9 Å². The fourth-order valence-corrected chi connectivity index (χ4v) is 3.83. The van der Waals surface area contributed by atoms with Gasteiger partial charge in [0.1, 0.15) is 11.8 Å². The second-order valence-corrected chi connectivity index (χ2v) is 7.79. The first-order chi connectivity index (χ1) is 14.7. The molecular formula is C19H17F3N6O2S. The molecule has 3 heterocycles. The zero-order chi connectivity index (χ0) is 22.2. The topological polar surface area (TPSA) is 103 Å². The van der Waals surface area contributed by atoms with Crippen LogP contribution in [0.5, 0.6) is 0 Å². The molecule has 0 saturated heterocycles. The molecule has 0 bridgehead atoms. The second kappa shape index (κ2) is 8.10. The predicted octanol–water partition coefficient (Wildman–Crippen LogP) is 3.38. The number of thioether (sulfide) groups is 1. The minimum absolute atomic E-state index is 0.225. The third kappa shape index (κ3) is 4.29. The van der Waals surface area contributed by atoms with Gasteiger partial charge < -0.3 is 10.3 Å². The molecule has 0 fully saturated rings. The number of nitrogens with zero attached hydrogens (tertiary/aromatic N) is 5. The van der Waals surface area contributed by atoms with Crippen LogP contribution < -0.4 is 5.84 Å². The Morgan fingerprint density at radius 1 is 1.26 bits per heavy atom. The minimum atomic E-state index is -4.74. The van der Waals surface area contributed by atoms with Gasteiger partial charge in [-0.2, -0.15) is 18.3 Å². The van der Waals surface area contributed by atoms with Gasteiger partial charge in [0.05, 0.1) is 17.7 Å². The Kier molecular flexibility index (Phi) is 5.48. The maximum atomic E-state index is 12.9. The van der Waals surface area contributed by atoms with E-state index in [9.17, 15) is 18.0 Å². The molecular weight excluding hydrogens is 433 g/mol. The number of nitrogens with two attached hydrogens (primary N) is 1. The SMILES string of the molecule is Cc1ccc(C2=NN(C(=O)CSc3nnc(C(F)(F)F)n3N)C(c3ccco3)C2)cc1. The van der Waals surface area contributed by atoms with E-state index in [1.807, 2.05) is 31.2 Å². The molecule has 0 saturated carbocycles. The van der Waals surface area contributed by atoms with Crippen molar-refractivity contribution in [2.75, 3.05) is 11.6 Å². The first-order valence-electron chi connectivity index (χ1n) is 9.14. The molecule has 8 nitrogen and oxygen atoms in total. The van der Waals surface area contributed by atoms with Gasteiger partial charge in [0, 0.05) is 6.42 Å². The quantitative estimate of drug-likeness (QED) is 0.472. The van der Waals surface area contributed by atoms with Crippen molar-refractivity contribution in [3.8, 4) is 0 Å². The fourth-order valence-electron chi connectivity index (χ4n) is 3.12. The molecule has 0 aliphatic carbocycles. The zero-order valence-corrected chi connectivity index (χ0v) is 17.0. The maximum absolute atomic E-state index is 12.9. The number of furan rings is 1. The average Bonchev–Trinajstić information content (AvgIpc) is 3.45. The summed E-state index contributed by atoms with van der Waals surface area (Å²) in [5.41, 5.74) is 2.68. The summed E-state index contributed by atoms with van der Waals surface area (Å²) < 4.78 is 44.3. The molecule has 1 unspecified atom stereocenters. The van der Waals surface area contributed by atoms with Crippen LogP contribution >= 0.6 is 11.8 Å². The Morgan fingerprint density at radius 3 is 2.61 bits per heavy atom. The number of carbonyl (C=O) groups excluding carboxylic acids is 1. The summed E-state index contributed by atoms with van der Waals surface area (Å²) in [6.07, 6.45) is -2.79. The molecule has 12 heteroatoms. The first kappa shape index (κ1) is 21.0. The Morgan fingerprint density at radius 2 is 2.00 bits per heavy atom. The van der Waals surface area contributed by atoms with E-state index in [1.165, 1.54) is 11.3 Å². The number of hydrazone groups is 1. The monoisotopic (exact) mass is 450 g/mol. The molecule has 2 N–H and O–H groups in total. The molecule has 1 aromatic carbocycles. The normalized spacial score (nSPS) is 16.6. The van der Waals surface area contributed by atoms with Crippen LogP contribution in [0.25, 0.3) is 0 Å². The van der Waals surface area contributed by atoms with Gasteiger partial charge >= 0.3 is 6.18 Å². The molecule has 1 aliphatic heterocycles. The van der Waals surface area contributed by atoms with Crippen molar-refractivity contribution in [3.05, 3.63) is 65.4 Å². The van der Waals surface area contributed by atoms with Crippen molar-refractivity contribution in [2.24, 2.45) is 5.10 Å². The summed E-state index contributed by atoms with van der Waals surface area (Å²) in [4.78, 5) is 12.9. The van der Waals surface area contributed by atoms with Gasteiger partial charge in [-0.1, -0.05) is 41.6 Å². The molecule has 4 rings (SSSR count). The van der Waals surface area contributed by atoms with Crippen molar-refractivity contribution >= 4 is 23.4 Å². The first-order valence-corrected chi connectivity index (χ1v) is 10.1. The summed E-state index contributed by atoms with van der Waals surface area (Å²) in [6.45, 7) is 1.97. The number of halogens is 3. The van der Waals surface area contributed by atoms with Gasteiger partial charge in [-0.25, -0.2) is 9.69 Å². The molecule has 162 valence electrons. The number of rotatable bonds is 5. The summed E-state index contributed by atoms with van der Waals surface area (Å²) in [5, 5.41) is 12.0. The third-order valence-corrected chi connectivity index (χ3v) is 5.59. The smallest absolute Gasteiger partial charge is 0.453 e. The maximum Gasteiger partial charge on any atom is 0.453 e. The van der Waals surface area contributed by atoms with E-state index in [0.29, 0.717) is 22.6 Å². The number of carbonyl (C=O) groups is 1. The summed E-state index contributed by atoms with van der Waals surface area (Å²) in [7, 11) is 0. The van der Waals surface area contributed by atoms with Crippen molar-refractivity contribution in [3.63, 3.8) is 0 Å². The van der Waals surface area contributed by atoms with E-state index in [4.69, 9.17) is 10.3 Å². The third-order valence-electron chi connectivity index (χ3n) is 4.67. The second-order valence-electron chi connectivity index (χ2n) is 6.85. The highest BCUT2D eigenvalue weighted by Gasteiger charge is 2.39. The Labute approximate surface area is 178 Å². The summed E-state index contributed by atoms with van der Waals surface area (Å²) in [5.74, 6) is 4.00. The van der Waals surface area contributed by atoms with Gasteiger partial charge in [0.2, 0.25) is 5.16 Å². The molecule has 0 spiro atoms. The Balaban J connectivity index is 1.54. The highest BCUT2D eigenvalue weighted by molar-refractivity contribution is 7.99. The van der Waals surface area contributed by atoms with E-state index in [2.05, 4.69) is 15.3 Å². The lowest BCUT2D eigenvalue weighted by Gasteiger charge is -2.19. The summed E-state index contributed by atoms with van der Waals surface area (Å²) in [6, 6.07) is 10.8. The van der Waals surface area contributed by atoms with Gasteiger partial charge in [0.15, 0.2) is 0 Å². The van der Waals surface area contributed by atoms with Gasteiger partial charge in [-0.3, -0.25) is 4.79 Å². The predicted molar refractivity (Wildman–Crippen MR) is 107 cm³/mol. The van der Waals surface area contributed by atoms with Crippen LogP contribution in [0.15, 0.2) is 57.3 Å². The highest BCUT2D eigenvalue weighted by atomic mass is 32.2. The van der Waals surface area contributed by atoms with Crippen molar-refractivity contribution in [1.29, 1.82) is 0 Å². The van der Waals surface area contributed by atoms with Crippen molar-refractivity contribution in [2.45, 2.75) is 30.7 Å². The Bertz CT molecular complexity index is 1110. The van der Waals surface area contributed by atoms with Crippen LogP contribution in [0, 0.1) is 6.92 Å². The van der Waals surface area contributed by atoms with Crippen LogP contribution in [-0.2, 0) is 11.0 Å². The number of benzene rings is 1. The minimum Gasteiger partial charge on any atom is -0.467 e. The van der Waals surface area contributed by atoms with Gasteiger partial charge in [-0.15, -0.1) is 10.2 Å². The van der Waals surface area contributed by atoms with E-state index in [1.54, 1.807) is 12.1 Å². The molecule has 31 heavy (non-hydrogen) atoms. The van der Waals surface area contributed by atoms with Crippen LogP contribution in [0.3, 0.4) is 0 Å². The molecule has 1 amide bonds. The zero-order valence-electron chi connectivity index (χ0n) is 16.2. The average molecular weight is 450 g/mol. The number of hydrogen-bond acceptors (Lipinski definition) is 7. The van der Waals surface area contributed by atoms with Crippen LogP contribution in [0.1, 0.15) is 35.2 Å². The molecule has 1 aliphatic rings. The lowest BCUT2D eigenvalue weighted by atomic mass is 10.0. The molecule has 3 aromatic rings. The largest absolute Gasteiger partial charge is 0.467 e. The van der Waals surface area contributed by atoms with Crippen LogP contribution in [0.2, 0.25) is 0 Å². The number of alkyl halides is 3. The number of hydrogen-bond donors (Lipinski definition) is 1. The fraction of sp³-hybridized carbons (Fsp3) is 0.263. The standard InChI is InChI=1S/C19H17F3N6O2S/c1-11-4-6-12(7-5-11)13-9-14(15-3-2-8-30-15)28(26-13)16(29)10-31-18-25-24-17(27(18)23)19(20,21)22/h2-8,14H,9-10,23H2,1H3. The molecule has 0 radical (unpaired) electrons. The number of nitrogen functional groups attached to an aromatic ring is 1. The van der Waals surface area contributed by atoms with E-state index >= 15 is 0 Å². The number of aryl methyl sites for hydroxylation is 1. The van der Waals surface area contributed by atoms with Gasteiger partial charge in [-0.05, 0) is 24.6 Å². The summed E-state index contributed by atoms with van der Waals surface area (Å²) >= 11 is 0.750. The molecule has 2 aromatic heterocycles. The van der Waals surface area contributed by atoms with E-state index < -0.39 is 23.9 Å². The number of amides is 1. The number of aromatic nitrogens is 3. The highest BCUT2D eigenvalue weighted by Crippen LogP contribution is 2.34.